The average molecular weight is 285 g/mol. The summed E-state index contributed by atoms with van der Waals surface area (Å²) < 4.78 is 0. The largest absolute Gasteiger partial charge is 0.326 e. The van der Waals surface area contributed by atoms with Crippen LogP contribution in [0.1, 0.15) is 12.7 Å². The minimum Gasteiger partial charge on any atom is -0.326 e. The van der Waals surface area contributed by atoms with E-state index >= 15 is 0 Å². The highest BCUT2D eigenvalue weighted by Crippen LogP contribution is 2.22. The third-order valence-corrected chi connectivity index (χ3v) is 3.92. The molecule has 1 aromatic carbocycles. The van der Waals surface area contributed by atoms with E-state index in [1.807, 2.05) is 38.1 Å². The van der Waals surface area contributed by atoms with Gasteiger partial charge in [0.25, 0.3) is 0 Å². The van der Waals surface area contributed by atoms with Crippen LogP contribution in [0.4, 0.5) is 5.69 Å². The van der Waals surface area contributed by atoms with Crippen molar-refractivity contribution in [2.45, 2.75) is 13.8 Å². The molecule has 1 aromatic heterocycles. The molecule has 1 atom stereocenters. The fourth-order valence-corrected chi connectivity index (χ4v) is 2.34. The van der Waals surface area contributed by atoms with Crippen LogP contribution in [-0.4, -0.2) is 34.2 Å². The van der Waals surface area contributed by atoms with Crippen LogP contribution in [0, 0.1) is 18.8 Å². The van der Waals surface area contributed by atoms with Gasteiger partial charge in [-0.3, -0.25) is 9.89 Å². The molecule has 1 aliphatic heterocycles. The Morgan fingerprint density at radius 3 is 2.86 bits per heavy atom. The second-order valence-corrected chi connectivity index (χ2v) is 5.52. The van der Waals surface area contributed by atoms with Gasteiger partial charge in [0.05, 0.1) is 0 Å². The molecule has 1 amide bonds. The second kappa shape index (κ2) is 5.65. The Labute approximate surface area is 123 Å². The average Bonchev–Trinajstić information content (AvgIpc) is 2.84. The number of hydrogen-bond acceptors (Lipinski definition) is 4. The lowest BCUT2D eigenvalue weighted by Crippen LogP contribution is -2.48. The van der Waals surface area contributed by atoms with Crippen molar-refractivity contribution in [3.63, 3.8) is 0 Å². The van der Waals surface area contributed by atoms with E-state index in [9.17, 15) is 4.79 Å². The van der Waals surface area contributed by atoms with Crippen LogP contribution in [0.15, 0.2) is 24.3 Å². The second-order valence-electron chi connectivity index (χ2n) is 5.52. The number of amides is 1. The van der Waals surface area contributed by atoms with Gasteiger partial charge in [-0.25, -0.2) is 4.98 Å². The van der Waals surface area contributed by atoms with Crippen molar-refractivity contribution in [1.29, 1.82) is 0 Å². The van der Waals surface area contributed by atoms with Crippen molar-refractivity contribution in [1.82, 2.24) is 20.5 Å². The monoisotopic (exact) mass is 285 g/mol. The summed E-state index contributed by atoms with van der Waals surface area (Å²) in [5.41, 5.74) is 1.66. The lowest BCUT2D eigenvalue weighted by Gasteiger charge is -2.31. The van der Waals surface area contributed by atoms with Crippen molar-refractivity contribution in [3.8, 4) is 11.4 Å². The number of hydrogen-bond donors (Lipinski definition) is 3. The molecule has 1 unspecified atom stereocenters. The summed E-state index contributed by atoms with van der Waals surface area (Å²) in [5, 5.41) is 13.1. The molecule has 3 N–H and O–H groups in total. The lowest BCUT2D eigenvalue weighted by atomic mass is 9.88. The summed E-state index contributed by atoms with van der Waals surface area (Å²) in [7, 11) is 0. The molecule has 6 heteroatoms. The van der Waals surface area contributed by atoms with Crippen molar-refractivity contribution in [2.24, 2.45) is 11.8 Å². The number of aromatic nitrogens is 3. The van der Waals surface area contributed by atoms with E-state index < -0.39 is 0 Å². The van der Waals surface area contributed by atoms with Crippen LogP contribution in [0.5, 0.6) is 0 Å². The van der Waals surface area contributed by atoms with Gasteiger partial charge in [0.2, 0.25) is 5.91 Å². The predicted octanol–water partition coefficient (Wildman–Crippen LogP) is 1.57. The van der Waals surface area contributed by atoms with Crippen molar-refractivity contribution >= 4 is 11.6 Å². The molecule has 0 aliphatic carbocycles. The highest BCUT2D eigenvalue weighted by Gasteiger charge is 2.28. The van der Waals surface area contributed by atoms with Crippen molar-refractivity contribution in [3.05, 3.63) is 30.1 Å². The molecule has 0 bridgehead atoms. The summed E-state index contributed by atoms with van der Waals surface area (Å²) in [5.74, 6) is 1.92. The molecule has 2 aromatic rings. The van der Waals surface area contributed by atoms with Gasteiger partial charge >= 0.3 is 0 Å². The SMILES string of the molecule is Cc1nc(-c2cccc(NC(=O)C(C)C3CNC3)c2)n[nH]1. The Balaban J connectivity index is 1.72. The predicted molar refractivity (Wildman–Crippen MR) is 80.7 cm³/mol. The number of H-pyrrole nitrogens is 1. The summed E-state index contributed by atoms with van der Waals surface area (Å²) in [6, 6.07) is 7.60. The molecule has 110 valence electrons. The molecule has 0 saturated carbocycles. The van der Waals surface area contributed by atoms with Gasteiger partial charge in [0.1, 0.15) is 5.82 Å². The first-order valence-electron chi connectivity index (χ1n) is 7.14. The van der Waals surface area contributed by atoms with E-state index in [-0.39, 0.29) is 11.8 Å². The van der Waals surface area contributed by atoms with Crippen LogP contribution in [0.3, 0.4) is 0 Å². The summed E-state index contributed by atoms with van der Waals surface area (Å²) in [6.45, 7) is 5.68. The van der Waals surface area contributed by atoms with Gasteiger partial charge in [0.15, 0.2) is 5.82 Å². The molecule has 6 nitrogen and oxygen atoms in total. The molecule has 1 saturated heterocycles. The highest BCUT2D eigenvalue weighted by atomic mass is 16.1. The minimum absolute atomic E-state index is 0.0145. The van der Waals surface area contributed by atoms with Gasteiger partial charge in [-0.15, -0.1) is 0 Å². The maximum Gasteiger partial charge on any atom is 0.227 e. The van der Waals surface area contributed by atoms with Crippen molar-refractivity contribution < 1.29 is 4.79 Å². The van der Waals surface area contributed by atoms with Crippen LogP contribution >= 0.6 is 0 Å². The highest BCUT2D eigenvalue weighted by molar-refractivity contribution is 5.93. The molecule has 2 heterocycles. The zero-order chi connectivity index (χ0) is 14.8. The van der Waals surface area contributed by atoms with Crippen LogP contribution in [0.2, 0.25) is 0 Å². The molecular weight excluding hydrogens is 266 g/mol. The number of aryl methyl sites for hydroxylation is 1. The molecule has 21 heavy (non-hydrogen) atoms. The summed E-state index contributed by atoms with van der Waals surface area (Å²) in [6.07, 6.45) is 0. The van der Waals surface area contributed by atoms with E-state index in [4.69, 9.17) is 0 Å². The van der Waals surface area contributed by atoms with E-state index in [1.54, 1.807) is 0 Å². The van der Waals surface area contributed by atoms with Crippen LogP contribution in [-0.2, 0) is 4.79 Å². The third kappa shape index (κ3) is 2.95. The fraction of sp³-hybridized carbons (Fsp3) is 0.400. The molecule has 0 spiro atoms. The van der Waals surface area contributed by atoms with Crippen LogP contribution in [0.25, 0.3) is 11.4 Å². The van der Waals surface area contributed by atoms with E-state index in [0.717, 1.165) is 30.2 Å². The van der Waals surface area contributed by atoms with E-state index in [2.05, 4.69) is 25.8 Å². The Kier molecular flexibility index (Phi) is 3.70. The van der Waals surface area contributed by atoms with Gasteiger partial charge in [-0.05, 0) is 38.1 Å². The first-order valence-corrected chi connectivity index (χ1v) is 7.14. The first kappa shape index (κ1) is 13.8. The van der Waals surface area contributed by atoms with Gasteiger partial charge in [-0.2, -0.15) is 5.10 Å². The number of nitrogens with one attached hydrogen (secondary N) is 3. The van der Waals surface area contributed by atoms with Crippen molar-refractivity contribution in [2.75, 3.05) is 18.4 Å². The molecule has 3 rings (SSSR count). The Bertz CT molecular complexity index is 647. The number of benzene rings is 1. The standard InChI is InChI=1S/C15H19N5O/c1-9(12-7-16-8-12)15(21)18-13-5-3-4-11(6-13)14-17-10(2)19-20-14/h3-6,9,12,16H,7-8H2,1-2H3,(H,18,21)(H,17,19,20). The van der Waals surface area contributed by atoms with E-state index in [0.29, 0.717) is 11.7 Å². The summed E-state index contributed by atoms with van der Waals surface area (Å²) >= 11 is 0. The summed E-state index contributed by atoms with van der Waals surface area (Å²) in [4.78, 5) is 16.5. The number of aromatic amines is 1. The van der Waals surface area contributed by atoms with Crippen LogP contribution < -0.4 is 10.6 Å². The maximum absolute atomic E-state index is 12.2. The fourth-order valence-electron chi connectivity index (χ4n) is 2.34. The van der Waals surface area contributed by atoms with Gasteiger partial charge in [-0.1, -0.05) is 19.1 Å². The number of carbonyl (C=O) groups excluding carboxylic acids is 1. The lowest BCUT2D eigenvalue weighted by molar-refractivity contribution is -0.121. The normalized spacial score (nSPS) is 16.3. The zero-order valence-electron chi connectivity index (χ0n) is 12.2. The topological polar surface area (TPSA) is 82.7 Å². The molecule has 0 radical (unpaired) electrons. The number of rotatable bonds is 4. The van der Waals surface area contributed by atoms with Gasteiger partial charge < -0.3 is 10.6 Å². The third-order valence-electron chi connectivity index (χ3n) is 3.92. The number of carbonyl (C=O) groups is 1. The number of anilines is 1. The smallest absolute Gasteiger partial charge is 0.227 e. The number of nitrogens with zero attached hydrogens (tertiary/aromatic N) is 2. The Morgan fingerprint density at radius 1 is 1.43 bits per heavy atom. The Morgan fingerprint density at radius 2 is 2.24 bits per heavy atom. The zero-order valence-corrected chi connectivity index (χ0v) is 12.2. The maximum atomic E-state index is 12.2. The first-order chi connectivity index (χ1) is 10.1. The quantitative estimate of drug-likeness (QED) is 0.796. The van der Waals surface area contributed by atoms with E-state index in [1.165, 1.54) is 0 Å². The molecule has 1 fully saturated rings. The molecule has 1 aliphatic rings. The minimum atomic E-state index is 0.0145. The molecular formula is C15H19N5O. The van der Waals surface area contributed by atoms with Gasteiger partial charge in [0, 0.05) is 17.2 Å². The Hall–Kier alpha value is -2.21.